The molecule has 1 N–H and O–H groups in total. The Bertz CT molecular complexity index is 648. The second-order valence-electron chi connectivity index (χ2n) is 4.00. The fourth-order valence-electron chi connectivity index (χ4n) is 1.58. The maximum Gasteiger partial charge on any atom is 0.269 e. The van der Waals surface area contributed by atoms with Gasteiger partial charge < -0.3 is 5.32 Å². The number of carbonyl (C=O) groups is 2. The lowest BCUT2D eigenvalue weighted by Crippen LogP contribution is -2.11. The Morgan fingerprint density at radius 2 is 1.65 bits per heavy atom. The fourth-order valence-corrected chi connectivity index (χ4v) is 1.58. The number of nitrogens with zero attached hydrogens (tertiary/aromatic N) is 1. The lowest BCUT2D eigenvalue weighted by atomic mass is 10.1. The van der Waals surface area contributed by atoms with E-state index in [1.165, 1.54) is 48.5 Å². The van der Waals surface area contributed by atoms with Crippen LogP contribution in [0.5, 0.6) is 0 Å². The quantitative estimate of drug-likeness (QED) is 0.525. The van der Waals surface area contributed by atoms with Crippen molar-refractivity contribution in [3.8, 4) is 0 Å². The lowest BCUT2D eigenvalue weighted by Gasteiger charge is -2.05. The molecule has 0 fully saturated rings. The van der Waals surface area contributed by atoms with Crippen LogP contribution < -0.4 is 5.32 Å². The van der Waals surface area contributed by atoms with Gasteiger partial charge in [-0.15, -0.1) is 0 Å². The standard InChI is InChI=1S/C14H10N2O4/c17-9-10-1-3-11(4-2-10)14(18)15-12-5-7-13(8-6-12)16(19)20/h1-9H,(H,15,18). The molecule has 0 aliphatic carbocycles. The molecule has 0 radical (unpaired) electrons. The molecule has 2 aromatic rings. The first-order valence-corrected chi connectivity index (χ1v) is 5.71. The molecule has 2 rings (SSSR count). The van der Waals surface area contributed by atoms with Crippen LogP contribution in [-0.4, -0.2) is 17.1 Å². The maximum absolute atomic E-state index is 11.9. The van der Waals surface area contributed by atoms with Gasteiger partial charge in [-0.1, -0.05) is 12.1 Å². The van der Waals surface area contributed by atoms with E-state index in [1.807, 2.05) is 0 Å². The summed E-state index contributed by atoms with van der Waals surface area (Å²) < 4.78 is 0. The summed E-state index contributed by atoms with van der Waals surface area (Å²) in [5, 5.41) is 13.1. The van der Waals surface area contributed by atoms with E-state index in [-0.39, 0.29) is 11.6 Å². The van der Waals surface area contributed by atoms with Crippen LogP contribution >= 0.6 is 0 Å². The summed E-state index contributed by atoms with van der Waals surface area (Å²) in [7, 11) is 0. The number of amides is 1. The molecule has 0 saturated carbocycles. The summed E-state index contributed by atoms with van der Waals surface area (Å²) >= 11 is 0. The van der Waals surface area contributed by atoms with Gasteiger partial charge in [0.25, 0.3) is 11.6 Å². The van der Waals surface area contributed by atoms with E-state index < -0.39 is 4.92 Å². The number of rotatable bonds is 4. The highest BCUT2D eigenvalue weighted by molar-refractivity contribution is 6.04. The van der Waals surface area contributed by atoms with Crippen LogP contribution in [0.3, 0.4) is 0 Å². The molecule has 100 valence electrons. The Kier molecular flexibility index (Phi) is 3.85. The molecule has 0 aliphatic rings. The minimum Gasteiger partial charge on any atom is -0.322 e. The summed E-state index contributed by atoms with van der Waals surface area (Å²) in [6, 6.07) is 11.7. The van der Waals surface area contributed by atoms with E-state index in [0.717, 1.165) is 0 Å². The van der Waals surface area contributed by atoms with Gasteiger partial charge in [-0.25, -0.2) is 0 Å². The van der Waals surface area contributed by atoms with Crippen LogP contribution in [-0.2, 0) is 0 Å². The highest BCUT2D eigenvalue weighted by Crippen LogP contribution is 2.16. The van der Waals surface area contributed by atoms with Crippen LogP contribution in [0.25, 0.3) is 0 Å². The summed E-state index contributed by atoms with van der Waals surface area (Å²) in [6.45, 7) is 0. The van der Waals surface area contributed by atoms with Gasteiger partial charge in [-0.05, 0) is 24.3 Å². The number of nitro benzene ring substituents is 1. The fraction of sp³-hybridized carbons (Fsp3) is 0. The van der Waals surface area contributed by atoms with Gasteiger partial charge in [0, 0.05) is 28.9 Å². The summed E-state index contributed by atoms with van der Waals surface area (Å²) in [6.07, 6.45) is 0.692. The van der Waals surface area contributed by atoms with Crippen molar-refractivity contribution in [1.82, 2.24) is 0 Å². The number of nitrogens with one attached hydrogen (secondary N) is 1. The molecular formula is C14H10N2O4. The second-order valence-corrected chi connectivity index (χ2v) is 4.00. The average Bonchev–Trinajstić information content (AvgIpc) is 2.48. The number of anilines is 1. The zero-order chi connectivity index (χ0) is 14.5. The van der Waals surface area contributed by atoms with Crippen molar-refractivity contribution >= 4 is 23.6 Å². The minimum absolute atomic E-state index is 0.0432. The summed E-state index contributed by atoms with van der Waals surface area (Å²) in [4.78, 5) is 32.4. The molecule has 0 saturated heterocycles. The molecule has 20 heavy (non-hydrogen) atoms. The zero-order valence-electron chi connectivity index (χ0n) is 10.3. The largest absolute Gasteiger partial charge is 0.322 e. The number of nitro groups is 1. The van der Waals surface area contributed by atoms with Gasteiger partial charge in [0.15, 0.2) is 0 Å². The topological polar surface area (TPSA) is 89.3 Å². The number of carbonyl (C=O) groups excluding carboxylic acids is 2. The Morgan fingerprint density at radius 1 is 1.05 bits per heavy atom. The van der Waals surface area contributed by atoms with Gasteiger partial charge in [0.1, 0.15) is 6.29 Å². The molecule has 0 bridgehead atoms. The van der Waals surface area contributed by atoms with Crippen LogP contribution in [0.1, 0.15) is 20.7 Å². The number of hydrogen-bond donors (Lipinski definition) is 1. The second kappa shape index (κ2) is 5.75. The van der Waals surface area contributed by atoms with Crippen molar-refractivity contribution in [2.75, 3.05) is 5.32 Å². The van der Waals surface area contributed by atoms with Gasteiger partial charge >= 0.3 is 0 Å². The molecule has 0 aromatic heterocycles. The average molecular weight is 270 g/mol. The Hall–Kier alpha value is -3.02. The minimum atomic E-state index is -0.510. The van der Waals surface area contributed by atoms with Gasteiger partial charge in [0.2, 0.25) is 0 Å². The van der Waals surface area contributed by atoms with E-state index in [1.54, 1.807) is 0 Å². The molecule has 2 aromatic carbocycles. The van der Waals surface area contributed by atoms with Crippen molar-refractivity contribution in [1.29, 1.82) is 0 Å². The predicted molar refractivity (Wildman–Crippen MR) is 72.9 cm³/mol. The zero-order valence-corrected chi connectivity index (χ0v) is 10.3. The van der Waals surface area contributed by atoms with Crippen molar-refractivity contribution in [3.05, 3.63) is 69.8 Å². The van der Waals surface area contributed by atoms with Crippen molar-refractivity contribution in [2.24, 2.45) is 0 Å². The highest BCUT2D eigenvalue weighted by Gasteiger charge is 2.08. The smallest absolute Gasteiger partial charge is 0.269 e. The number of non-ortho nitro benzene ring substituents is 1. The first-order chi connectivity index (χ1) is 9.60. The van der Waals surface area contributed by atoms with Crippen molar-refractivity contribution in [3.63, 3.8) is 0 Å². The monoisotopic (exact) mass is 270 g/mol. The molecule has 0 aliphatic heterocycles. The molecule has 6 heteroatoms. The molecule has 0 heterocycles. The van der Waals surface area contributed by atoms with E-state index in [9.17, 15) is 19.7 Å². The lowest BCUT2D eigenvalue weighted by molar-refractivity contribution is -0.384. The van der Waals surface area contributed by atoms with Crippen LogP contribution in [0, 0.1) is 10.1 Å². The van der Waals surface area contributed by atoms with Crippen LogP contribution in [0.4, 0.5) is 11.4 Å². The molecule has 0 spiro atoms. The van der Waals surface area contributed by atoms with E-state index in [4.69, 9.17) is 0 Å². The Balaban J connectivity index is 2.10. The number of aldehydes is 1. The Labute approximate surface area is 114 Å². The molecule has 6 nitrogen and oxygen atoms in total. The van der Waals surface area contributed by atoms with E-state index in [0.29, 0.717) is 23.1 Å². The third kappa shape index (κ3) is 3.05. The van der Waals surface area contributed by atoms with E-state index >= 15 is 0 Å². The number of benzene rings is 2. The van der Waals surface area contributed by atoms with Gasteiger partial charge in [0.05, 0.1) is 4.92 Å². The summed E-state index contributed by atoms with van der Waals surface area (Å²) in [5.41, 5.74) is 1.30. The predicted octanol–water partition coefficient (Wildman–Crippen LogP) is 2.66. The molecule has 1 amide bonds. The third-order valence-electron chi connectivity index (χ3n) is 2.64. The number of hydrogen-bond acceptors (Lipinski definition) is 4. The van der Waals surface area contributed by atoms with Gasteiger partial charge in [-0.3, -0.25) is 19.7 Å². The third-order valence-corrected chi connectivity index (χ3v) is 2.64. The van der Waals surface area contributed by atoms with Crippen molar-refractivity contribution < 1.29 is 14.5 Å². The normalized spacial score (nSPS) is 9.80. The Morgan fingerprint density at radius 3 is 2.15 bits per heavy atom. The summed E-state index contributed by atoms with van der Waals surface area (Å²) in [5.74, 6) is -0.351. The molecule has 0 unspecified atom stereocenters. The molecule has 0 atom stereocenters. The maximum atomic E-state index is 11.9. The van der Waals surface area contributed by atoms with E-state index in [2.05, 4.69) is 5.32 Å². The SMILES string of the molecule is O=Cc1ccc(C(=O)Nc2ccc([N+](=O)[O-])cc2)cc1. The van der Waals surface area contributed by atoms with Crippen LogP contribution in [0.2, 0.25) is 0 Å². The first-order valence-electron chi connectivity index (χ1n) is 5.71. The van der Waals surface area contributed by atoms with Crippen LogP contribution in [0.15, 0.2) is 48.5 Å². The van der Waals surface area contributed by atoms with Gasteiger partial charge in [-0.2, -0.15) is 0 Å². The highest BCUT2D eigenvalue weighted by atomic mass is 16.6. The first kappa shape index (κ1) is 13.4. The van der Waals surface area contributed by atoms with Crippen molar-refractivity contribution in [2.45, 2.75) is 0 Å². The molecular weight excluding hydrogens is 260 g/mol.